The third-order valence-electron chi connectivity index (χ3n) is 6.38. The van der Waals surface area contributed by atoms with Gasteiger partial charge in [0.1, 0.15) is 23.9 Å². The molecule has 12 nitrogen and oxygen atoms in total. The first-order valence-electron chi connectivity index (χ1n) is 11.8. The molecular formula is C24H34N4O8. The molecule has 0 aliphatic carbocycles. The lowest BCUT2D eigenvalue weighted by Crippen LogP contribution is -2.57. The largest absolute Gasteiger partial charge is 0.508 e. The Balaban J connectivity index is 2.14. The van der Waals surface area contributed by atoms with E-state index in [9.17, 15) is 39.3 Å². The fourth-order valence-corrected chi connectivity index (χ4v) is 3.99. The van der Waals surface area contributed by atoms with Crippen LogP contribution in [0.25, 0.3) is 0 Å². The highest BCUT2D eigenvalue weighted by Gasteiger charge is 2.40. The molecule has 1 saturated heterocycles. The lowest BCUT2D eigenvalue weighted by Gasteiger charge is -2.30. The van der Waals surface area contributed by atoms with E-state index in [1.807, 2.05) is 6.92 Å². The van der Waals surface area contributed by atoms with Gasteiger partial charge in [0.05, 0.1) is 12.5 Å². The maximum atomic E-state index is 13.2. The zero-order valence-corrected chi connectivity index (χ0v) is 20.3. The summed E-state index contributed by atoms with van der Waals surface area (Å²) in [5.41, 5.74) is 6.49. The molecule has 1 aliphatic heterocycles. The molecule has 0 bridgehead atoms. The van der Waals surface area contributed by atoms with Gasteiger partial charge in [-0.3, -0.25) is 19.2 Å². The highest BCUT2D eigenvalue weighted by atomic mass is 16.4. The SMILES string of the molecule is CCC(C)C(N)C(=O)NC(CC(=O)O)C(=O)N1CCCC1C(=O)NC(Cc1ccc(O)cc1)C(=O)O. The zero-order chi connectivity index (χ0) is 27.0. The molecular weight excluding hydrogens is 472 g/mol. The van der Waals surface area contributed by atoms with Crippen molar-refractivity contribution in [2.24, 2.45) is 11.7 Å². The number of carbonyl (C=O) groups is 5. The number of benzene rings is 1. The van der Waals surface area contributed by atoms with Crippen molar-refractivity contribution in [3.8, 4) is 5.75 Å². The normalized spacial score (nSPS) is 18.5. The lowest BCUT2D eigenvalue weighted by molar-refractivity contribution is -0.147. The fourth-order valence-electron chi connectivity index (χ4n) is 3.99. The molecule has 0 radical (unpaired) electrons. The van der Waals surface area contributed by atoms with Gasteiger partial charge in [-0.15, -0.1) is 0 Å². The van der Waals surface area contributed by atoms with Crippen molar-refractivity contribution < 1.29 is 39.3 Å². The minimum absolute atomic E-state index is 0.0166. The molecule has 0 spiro atoms. The van der Waals surface area contributed by atoms with E-state index in [2.05, 4.69) is 10.6 Å². The number of rotatable bonds is 12. The molecule has 1 aromatic carbocycles. The molecule has 1 aromatic rings. The van der Waals surface area contributed by atoms with Gasteiger partial charge in [0, 0.05) is 13.0 Å². The average Bonchev–Trinajstić information content (AvgIpc) is 3.32. The first-order valence-corrected chi connectivity index (χ1v) is 11.8. The zero-order valence-electron chi connectivity index (χ0n) is 20.3. The number of carboxylic acid groups (broad SMARTS) is 2. The molecule has 1 heterocycles. The summed E-state index contributed by atoms with van der Waals surface area (Å²) >= 11 is 0. The molecule has 12 heteroatoms. The van der Waals surface area contributed by atoms with Crippen LogP contribution in [-0.4, -0.2) is 80.6 Å². The summed E-state index contributed by atoms with van der Waals surface area (Å²) in [6.45, 7) is 3.75. The Hall–Kier alpha value is -3.67. The monoisotopic (exact) mass is 506 g/mol. The number of nitrogens with one attached hydrogen (secondary N) is 2. The number of phenolic OH excluding ortho intramolecular Hbond substituents is 1. The van der Waals surface area contributed by atoms with E-state index < -0.39 is 60.2 Å². The van der Waals surface area contributed by atoms with E-state index in [-0.39, 0.29) is 31.1 Å². The summed E-state index contributed by atoms with van der Waals surface area (Å²) < 4.78 is 0. The van der Waals surface area contributed by atoms with E-state index in [0.29, 0.717) is 18.4 Å². The smallest absolute Gasteiger partial charge is 0.326 e. The van der Waals surface area contributed by atoms with Gasteiger partial charge in [-0.25, -0.2) is 4.79 Å². The van der Waals surface area contributed by atoms with Crippen LogP contribution in [0.4, 0.5) is 0 Å². The minimum Gasteiger partial charge on any atom is -0.508 e. The summed E-state index contributed by atoms with van der Waals surface area (Å²) in [5, 5.41) is 33.1. The van der Waals surface area contributed by atoms with Crippen LogP contribution in [0, 0.1) is 5.92 Å². The van der Waals surface area contributed by atoms with Gasteiger partial charge in [0.15, 0.2) is 0 Å². The molecule has 198 valence electrons. The Morgan fingerprint density at radius 3 is 2.28 bits per heavy atom. The van der Waals surface area contributed by atoms with Crippen LogP contribution in [0.5, 0.6) is 5.75 Å². The van der Waals surface area contributed by atoms with Crippen molar-refractivity contribution in [1.82, 2.24) is 15.5 Å². The summed E-state index contributed by atoms with van der Waals surface area (Å²) in [7, 11) is 0. The molecule has 0 aromatic heterocycles. The third-order valence-corrected chi connectivity index (χ3v) is 6.38. The van der Waals surface area contributed by atoms with Gasteiger partial charge >= 0.3 is 11.9 Å². The second-order valence-electron chi connectivity index (χ2n) is 9.03. The molecule has 36 heavy (non-hydrogen) atoms. The van der Waals surface area contributed by atoms with Crippen molar-refractivity contribution in [3.63, 3.8) is 0 Å². The molecule has 5 atom stereocenters. The van der Waals surface area contributed by atoms with Gasteiger partial charge in [-0.1, -0.05) is 32.4 Å². The summed E-state index contributed by atoms with van der Waals surface area (Å²) in [4.78, 5) is 63.1. The Kier molecular flexibility index (Phi) is 10.2. The predicted octanol–water partition coefficient (Wildman–Crippen LogP) is -0.172. The molecule has 3 amide bonds. The molecule has 0 saturated carbocycles. The number of nitrogens with zero attached hydrogens (tertiary/aromatic N) is 1. The number of phenols is 1. The van der Waals surface area contributed by atoms with Crippen molar-refractivity contribution in [3.05, 3.63) is 29.8 Å². The number of likely N-dealkylation sites (tertiary alicyclic amines) is 1. The maximum Gasteiger partial charge on any atom is 0.326 e. The van der Waals surface area contributed by atoms with E-state index in [1.54, 1.807) is 6.92 Å². The van der Waals surface area contributed by atoms with E-state index in [0.717, 1.165) is 0 Å². The number of aromatic hydroxyl groups is 1. The Morgan fingerprint density at radius 1 is 1.08 bits per heavy atom. The fraction of sp³-hybridized carbons (Fsp3) is 0.542. The highest BCUT2D eigenvalue weighted by molar-refractivity contribution is 5.96. The van der Waals surface area contributed by atoms with E-state index in [4.69, 9.17) is 5.73 Å². The van der Waals surface area contributed by atoms with Gasteiger partial charge < -0.3 is 36.6 Å². The van der Waals surface area contributed by atoms with Crippen LogP contribution in [0.2, 0.25) is 0 Å². The topological polar surface area (TPSA) is 199 Å². The number of hydrogen-bond donors (Lipinski definition) is 6. The molecule has 5 unspecified atom stereocenters. The van der Waals surface area contributed by atoms with Crippen molar-refractivity contribution in [2.75, 3.05) is 6.54 Å². The lowest BCUT2D eigenvalue weighted by atomic mass is 9.99. The van der Waals surface area contributed by atoms with Crippen molar-refractivity contribution in [1.29, 1.82) is 0 Å². The van der Waals surface area contributed by atoms with Crippen molar-refractivity contribution in [2.45, 2.75) is 70.1 Å². The van der Waals surface area contributed by atoms with Crippen LogP contribution in [-0.2, 0) is 30.4 Å². The van der Waals surface area contributed by atoms with Gasteiger partial charge in [0.25, 0.3) is 0 Å². The van der Waals surface area contributed by atoms with E-state index >= 15 is 0 Å². The van der Waals surface area contributed by atoms with Crippen LogP contribution >= 0.6 is 0 Å². The van der Waals surface area contributed by atoms with Crippen LogP contribution in [0.15, 0.2) is 24.3 Å². The van der Waals surface area contributed by atoms with E-state index in [1.165, 1.54) is 29.2 Å². The molecule has 1 aliphatic rings. The van der Waals surface area contributed by atoms with Crippen LogP contribution in [0.1, 0.15) is 45.1 Å². The second kappa shape index (κ2) is 12.9. The number of aliphatic carboxylic acids is 2. The first kappa shape index (κ1) is 28.6. The Morgan fingerprint density at radius 2 is 1.72 bits per heavy atom. The van der Waals surface area contributed by atoms with Gasteiger partial charge in [-0.2, -0.15) is 0 Å². The molecule has 2 rings (SSSR count). The quantitative estimate of drug-likeness (QED) is 0.223. The standard InChI is InChI=1S/C24H34N4O8/c1-3-13(2)20(25)22(33)26-16(12-19(30)31)23(34)28-10-4-5-18(28)21(32)27-17(24(35)36)11-14-6-8-15(29)9-7-14/h6-9,13,16-18,20,29H,3-5,10-12,25H2,1-2H3,(H,26,33)(H,27,32)(H,30,31)(H,35,36). The van der Waals surface area contributed by atoms with Crippen LogP contribution in [0.3, 0.4) is 0 Å². The summed E-state index contributed by atoms with van der Waals surface area (Å²) in [6, 6.07) is 1.20. The van der Waals surface area contributed by atoms with Crippen LogP contribution < -0.4 is 16.4 Å². The number of carboxylic acids is 2. The van der Waals surface area contributed by atoms with Gasteiger partial charge in [-0.05, 0) is 36.5 Å². The number of hydrogen-bond acceptors (Lipinski definition) is 7. The number of nitrogens with two attached hydrogens (primary N) is 1. The highest BCUT2D eigenvalue weighted by Crippen LogP contribution is 2.20. The summed E-state index contributed by atoms with van der Waals surface area (Å²) in [5.74, 6) is -4.87. The minimum atomic E-state index is -1.43. The first-order chi connectivity index (χ1) is 16.9. The summed E-state index contributed by atoms with van der Waals surface area (Å²) in [6.07, 6.45) is 0.562. The average molecular weight is 507 g/mol. The third kappa shape index (κ3) is 7.67. The Bertz CT molecular complexity index is 967. The predicted molar refractivity (Wildman–Crippen MR) is 128 cm³/mol. The maximum absolute atomic E-state index is 13.2. The second-order valence-corrected chi connectivity index (χ2v) is 9.03. The molecule has 7 N–H and O–H groups in total. The number of amides is 3. The Labute approximate surface area is 208 Å². The van der Waals surface area contributed by atoms with Gasteiger partial charge in [0.2, 0.25) is 17.7 Å². The van der Waals surface area contributed by atoms with Crippen molar-refractivity contribution >= 4 is 29.7 Å². The number of carbonyl (C=O) groups excluding carboxylic acids is 3. The molecule has 1 fully saturated rings.